The van der Waals surface area contributed by atoms with Crippen LogP contribution in [0.3, 0.4) is 0 Å². The first-order chi connectivity index (χ1) is 12.2. The van der Waals surface area contributed by atoms with Gasteiger partial charge in [-0.25, -0.2) is 13.6 Å². The lowest BCUT2D eigenvalue weighted by Crippen LogP contribution is -2.32. The van der Waals surface area contributed by atoms with Crippen molar-refractivity contribution < 1.29 is 13.2 Å². The zero-order valence-electron chi connectivity index (χ0n) is 14.5. The molecule has 2 aromatic carbocycles. The number of anilines is 1. The van der Waals surface area contributed by atoms with Crippen molar-refractivity contribution in [3.8, 4) is 0 Å². The van der Waals surface area contributed by atoms with Gasteiger partial charge in [0.2, 0.25) is 15.9 Å². The molecule has 140 valence electrons. The van der Waals surface area contributed by atoms with E-state index in [0.717, 1.165) is 5.56 Å². The molecule has 0 atom stereocenters. The van der Waals surface area contributed by atoms with E-state index in [1.165, 1.54) is 0 Å². The third-order valence-electron chi connectivity index (χ3n) is 3.71. The van der Waals surface area contributed by atoms with E-state index in [0.29, 0.717) is 29.4 Å². The van der Waals surface area contributed by atoms with Gasteiger partial charge in [0, 0.05) is 17.3 Å². The first-order valence-electron chi connectivity index (χ1n) is 8.11. The van der Waals surface area contributed by atoms with E-state index in [4.69, 9.17) is 16.7 Å². The molecule has 0 bridgehead atoms. The lowest BCUT2D eigenvalue weighted by molar-refractivity contribution is -0.117. The quantitative estimate of drug-likeness (QED) is 0.718. The Bertz CT molecular complexity index is 854. The maximum Gasteiger partial charge on any atom is 0.238 e. The molecule has 0 heterocycles. The topological polar surface area (TPSA) is 92.5 Å². The van der Waals surface area contributed by atoms with Crippen molar-refractivity contribution in [2.24, 2.45) is 5.14 Å². The molecule has 6 nitrogen and oxygen atoms in total. The largest absolute Gasteiger partial charge is 0.325 e. The molecule has 2 rings (SSSR count). The number of carbonyl (C=O) groups excluding carboxylic acids is 1. The van der Waals surface area contributed by atoms with Crippen LogP contribution in [0.1, 0.15) is 18.1 Å². The summed E-state index contributed by atoms with van der Waals surface area (Å²) in [6.07, 6.45) is 0. The Morgan fingerprint density at radius 3 is 2.46 bits per heavy atom. The van der Waals surface area contributed by atoms with Crippen molar-refractivity contribution in [1.29, 1.82) is 0 Å². The molecule has 0 saturated heterocycles. The standard InChI is InChI=1S/C18H22ClN3O3S/c1-2-22(11-14-6-8-16(19)9-7-14)12-18(23)21-17-5-3-4-15(10-17)13-26(20,24)25/h3-10H,2,11-13H2,1H3,(H,21,23)(H2,20,24,25). The normalized spacial score (nSPS) is 11.5. The van der Waals surface area contributed by atoms with Crippen LogP contribution in [-0.2, 0) is 27.1 Å². The third kappa shape index (κ3) is 7.13. The monoisotopic (exact) mass is 395 g/mol. The number of rotatable bonds is 8. The minimum Gasteiger partial charge on any atom is -0.325 e. The summed E-state index contributed by atoms with van der Waals surface area (Å²) in [5.74, 6) is -0.442. The van der Waals surface area contributed by atoms with E-state index >= 15 is 0 Å². The number of carbonyl (C=O) groups is 1. The van der Waals surface area contributed by atoms with E-state index in [2.05, 4.69) is 5.32 Å². The Labute approximate surface area is 159 Å². The Balaban J connectivity index is 1.96. The molecule has 2 aromatic rings. The second kappa shape index (κ2) is 9.14. The van der Waals surface area contributed by atoms with Crippen LogP contribution >= 0.6 is 11.6 Å². The van der Waals surface area contributed by atoms with Gasteiger partial charge < -0.3 is 5.32 Å². The maximum atomic E-state index is 12.3. The minimum absolute atomic E-state index is 0.173. The predicted molar refractivity (Wildman–Crippen MR) is 104 cm³/mol. The molecular weight excluding hydrogens is 374 g/mol. The van der Waals surface area contributed by atoms with Gasteiger partial charge in [0.05, 0.1) is 12.3 Å². The van der Waals surface area contributed by atoms with Crippen molar-refractivity contribution in [3.63, 3.8) is 0 Å². The Morgan fingerprint density at radius 1 is 1.15 bits per heavy atom. The second-order valence-electron chi connectivity index (χ2n) is 5.99. The van der Waals surface area contributed by atoms with Crippen molar-refractivity contribution in [3.05, 3.63) is 64.7 Å². The zero-order valence-corrected chi connectivity index (χ0v) is 16.1. The average Bonchev–Trinajstić information content (AvgIpc) is 2.55. The molecule has 1 amide bonds. The molecule has 26 heavy (non-hydrogen) atoms. The molecule has 0 aliphatic heterocycles. The summed E-state index contributed by atoms with van der Waals surface area (Å²) < 4.78 is 22.4. The summed E-state index contributed by atoms with van der Waals surface area (Å²) >= 11 is 5.89. The van der Waals surface area contributed by atoms with E-state index in [9.17, 15) is 13.2 Å². The highest BCUT2D eigenvalue weighted by Crippen LogP contribution is 2.14. The van der Waals surface area contributed by atoms with Crippen LogP contribution in [0.25, 0.3) is 0 Å². The Morgan fingerprint density at radius 2 is 1.85 bits per heavy atom. The molecule has 0 radical (unpaired) electrons. The molecule has 0 unspecified atom stereocenters. The fraction of sp³-hybridized carbons (Fsp3) is 0.278. The number of sulfonamides is 1. The molecule has 0 spiro atoms. The van der Waals surface area contributed by atoms with Gasteiger partial charge in [-0.05, 0) is 41.9 Å². The van der Waals surface area contributed by atoms with Gasteiger partial charge in [-0.1, -0.05) is 42.8 Å². The first kappa shape index (κ1) is 20.4. The number of hydrogen-bond donors (Lipinski definition) is 2. The molecule has 0 saturated carbocycles. The molecule has 0 fully saturated rings. The van der Waals surface area contributed by atoms with Gasteiger partial charge >= 0.3 is 0 Å². The van der Waals surface area contributed by atoms with Gasteiger partial charge in [0.15, 0.2) is 0 Å². The van der Waals surface area contributed by atoms with E-state index in [1.54, 1.807) is 24.3 Å². The van der Waals surface area contributed by atoms with Crippen LogP contribution in [0.2, 0.25) is 5.02 Å². The predicted octanol–water partition coefficient (Wildman–Crippen LogP) is 2.59. The molecule has 0 aliphatic rings. The second-order valence-corrected chi connectivity index (χ2v) is 8.04. The van der Waals surface area contributed by atoms with Crippen LogP contribution in [0.4, 0.5) is 5.69 Å². The highest BCUT2D eigenvalue weighted by Gasteiger charge is 2.11. The summed E-state index contributed by atoms with van der Waals surface area (Å²) in [7, 11) is -3.61. The van der Waals surface area contributed by atoms with Crippen LogP contribution in [0.15, 0.2) is 48.5 Å². The number of amides is 1. The number of nitrogens with one attached hydrogen (secondary N) is 1. The van der Waals surface area contributed by atoms with Crippen molar-refractivity contribution in [2.45, 2.75) is 19.2 Å². The van der Waals surface area contributed by atoms with E-state index in [1.807, 2.05) is 36.1 Å². The number of primary sulfonamides is 1. The molecule has 0 aliphatic carbocycles. The van der Waals surface area contributed by atoms with Crippen molar-refractivity contribution in [1.82, 2.24) is 4.90 Å². The molecule has 8 heteroatoms. The van der Waals surface area contributed by atoms with Crippen LogP contribution in [0.5, 0.6) is 0 Å². The van der Waals surface area contributed by atoms with Crippen LogP contribution in [0, 0.1) is 0 Å². The van der Waals surface area contributed by atoms with E-state index < -0.39 is 10.0 Å². The SMILES string of the molecule is CCN(CC(=O)Nc1cccc(CS(N)(=O)=O)c1)Cc1ccc(Cl)cc1. The lowest BCUT2D eigenvalue weighted by Gasteiger charge is -2.20. The summed E-state index contributed by atoms with van der Waals surface area (Å²) in [6, 6.07) is 14.2. The molecule has 0 aromatic heterocycles. The van der Waals surface area contributed by atoms with E-state index in [-0.39, 0.29) is 18.2 Å². The number of likely N-dealkylation sites (N-methyl/N-ethyl adjacent to an activating group) is 1. The highest BCUT2D eigenvalue weighted by molar-refractivity contribution is 7.88. The third-order valence-corrected chi connectivity index (χ3v) is 4.70. The zero-order chi connectivity index (χ0) is 19.2. The molecule has 3 N–H and O–H groups in total. The minimum atomic E-state index is -3.61. The fourth-order valence-corrected chi connectivity index (χ4v) is 3.27. The number of nitrogens with two attached hydrogens (primary N) is 1. The summed E-state index contributed by atoms with van der Waals surface area (Å²) in [6.45, 7) is 3.54. The smallest absolute Gasteiger partial charge is 0.238 e. The highest BCUT2D eigenvalue weighted by atomic mass is 35.5. The Hall–Kier alpha value is -1.93. The lowest BCUT2D eigenvalue weighted by atomic mass is 10.2. The maximum absolute atomic E-state index is 12.3. The van der Waals surface area contributed by atoms with Gasteiger partial charge in [-0.3, -0.25) is 9.69 Å². The summed E-state index contributed by atoms with van der Waals surface area (Å²) in [4.78, 5) is 14.3. The average molecular weight is 396 g/mol. The summed E-state index contributed by atoms with van der Waals surface area (Å²) in [5, 5.41) is 8.52. The van der Waals surface area contributed by atoms with Crippen molar-refractivity contribution in [2.75, 3.05) is 18.4 Å². The van der Waals surface area contributed by atoms with Gasteiger partial charge in [0.1, 0.15) is 0 Å². The first-order valence-corrected chi connectivity index (χ1v) is 10.2. The number of benzene rings is 2. The summed E-state index contributed by atoms with van der Waals surface area (Å²) in [5.41, 5.74) is 2.14. The number of halogens is 1. The van der Waals surface area contributed by atoms with Crippen LogP contribution < -0.4 is 10.5 Å². The van der Waals surface area contributed by atoms with Crippen LogP contribution in [-0.4, -0.2) is 32.3 Å². The van der Waals surface area contributed by atoms with Gasteiger partial charge in [-0.2, -0.15) is 0 Å². The van der Waals surface area contributed by atoms with Gasteiger partial charge in [-0.15, -0.1) is 0 Å². The number of hydrogen-bond acceptors (Lipinski definition) is 4. The van der Waals surface area contributed by atoms with Crippen molar-refractivity contribution >= 4 is 33.2 Å². The molecular formula is C18H22ClN3O3S. The fourth-order valence-electron chi connectivity index (χ4n) is 2.50. The Kier molecular flexibility index (Phi) is 7.16. The number of nitrogens with zero attached hydrogens (tertiary/aromatic N) is 1. The van der Waals surface area contributed by atoms with Gasteiger partial charge in [0.25, 0.3) is 0 Å².